The van der Waals surface area contributed by atoms with E-state index in [1.807, 2.05) is 0 Å². The molecule has 1 fully saturated rings. The Morgan fingerprint density at radius 3 is 2.58 bits per heavy atom. The lowest BCUT2D eigenvalue weighted by atomic mass is 10.2. The maximum atomic E-state index is 11.1. The van der Waals surface area contributed by atoms with Gasteiger partial charge in [0.1, 0.15) is 0 Å². The molecule has 6 nitrogen and oxygen atoms in total. The van der Waals surface area contributed by atoms with E-state index < -0.39 is 17.9 Å². The van der Waals surface area contributed by atoms with Crippen molar-refractivity contribution in [2.45, 2.75) is 18.9 Å². The van der Waals surface area contributed by atoms with Crippen LogP contribution in [-0.4, -0.2) is 46.8 Å². The van der Waals surface area contributed by atoms with Crippen molar-refractivity contribution in [2.75, 3.05) is 13.7 Å². The molecule has 1 heterocycles. The number of hydrogen-bond donors (Lipinski definition) is 3. The van der Waals surface area contributed by atoms with Crippen molar-refractivity contribution in [3.8, 4) is 0 Å². The summed E-state index contributed by atoms with van der Waals surface area (Å²) in [7, 11) is 1.28. The molecule has 1 amide bonds. The van der Waals surface area contributed by atoms with Crippen LogP contribution >= 0.6 is 0 Å². The van der Waals surface area contributed by atoms with Crippen LogP contribution in [0.15, 0.2) is 0 Å². The Morgan fingerprint density at radius 2 is 2.33 bits per heavy atom. The number of hydrogen-bond acceptors (Lipinski definition) is 5. The van der Waals surface area contributed by atoms with Gasteiger partial charge in [-0.05, 0) is 6.92 Å². The number of aliphatic hydroxyl groups is 2. The van der Waals surface area contributed by atoms with E-state index in [9.17, 15) is 15.0 Å². The molecule has 1 unspecified atom stereocenters. The SMILES string of the molecule is CCN1NC(OC)C(O)(O)C1=O. The van der Waals surface area contributed by atoms with Gasteiger partial charge in [-0.1, -0.05) is 0 Å². The summed E-state index contributed by atoms with van der Waals surface area (Å²) in [6.07, 6.45) is -1.09. The molecule has 0 aromatic rings. The van der Waals surface area contributed by atoms with Crippen LogP contribution in [0.3, 0.4) is 0 Å². The van der Waals surface area contributed by atoms with Gasteiger partial charge < -0.3 is 14.9 Å². The van der Waals surface area contributed by atoms with Gasteiger partial charge in [0.15, 0.2) is 6.23 Å². The summed E-state index contributed by atoms with van der Waals surface area (Å²) in [5.41, 5.74) is 2.49. The summed E-state index contributed by atoms with van der Waals surface area (Å²) in [5.74, 6) is -3.25. The van der Waals surface area contributed by atoms with E-state index in [2.05, 4.69) is 10.2 Å². The highest BCUT2D eigenvalue weighted by Gasteiger charge is 2.52. The summed E-state index contributed by atoms with van der Waals surface area (Å²) in [6.45, 7) is 2.06. The standard InChI is InChI=1S/C6H12N2O4/c1-3-8-5(9)6(10,11)4(7-8)12-2/h4,7,10-11H,3H2,1-2H3. The number of nitrogens with zero attached hydrogens (tertiary/aromatic N) is 1. The lowest BCUT2D eigenvalue weighted by Gasteiger charge is -2.17. The third kappa shape index (κ3) is 1.18. The number of amides is 1. The van der Waals surface area contributed by atoms with E-state index in [1.54, 1.807) is 6.92 Å². The number of carbonyl (C=O) groups excluding carboxylic acids is 1. The molecule has 0 aliphatic carbocycles. The zero-order valence-electron chi connectivity index (χ0n) is 6.94. The molecule has 0 spiro atoms. The molecular weight excluding hydrogens is 164 g/mol. The quantitative estimate of drug-likeness (QED) is 0.424. The molecule has 6 heteroatoms. The molecule has 1 saturated heterocycles. The second-order valence-corrected chi connectivity index (χ2v) is 2.52. The summed E-state index contributed by atoms with van der Waals surface area (Å²) >= 11 is 0. The van der Waals surface area contributed by atoms with Crippen LogP contribution in [0, 0.1) is 0 Å². The predicted molar refractivity (Wildman–Crippen MR) is 38.5 cm³/mol. The van der Waals surface area contributed by atoms with Crippen molar-refractivity contribution in [1.82, 2.24) is 10.4 Å². The molecule has 0 aromatic heterocycles. The Kier molecular flexibility index (Phi) is 2.34. The zero-order chi connectivity index (χ0) is 9.35. The van der Waals surface area contributed by atoms with Crippen LogP contribution in [0.1, 0.15) is 6.92 Å². The number of nitrogens with one attached hydrogen (secondary N) is 1. The number of carbonyl (C=O) groups is 1. The fraction of sp³-hybridized carbons (Fsp3) is 0.833. The topological polar surface area (TPSA) is 82.0 Å². The molecule has 1 aliphatic rings. The van der Waals surface area contributed by atoms with Gasteiger partial charge in [0.05, 0.1) is 0 Å². The number of hydrazine groups is 1. The van der Waals surface area contributed by atoms with E-state index in [0.29, 0.717) is 6.54 Å². The molecule has 1 aliphatic heterocycles. The average molecular weight is 176 g/mol. The van der Waals surface area contributed by atoms with Gasteiger partial charge in [-0.15, -0.1) is 0 Å². The third-order valence-electron chi connectivity index (χ3n) is 1.75. The van der Waals surface area contributed by atoms with Crippen LogP contribution < -0.4 is 5.43 Å². The summed E-state index contributed by atoms with van der Waals surface area (Å²) < 4.78 is 4.66. The van der Waals surface area contributed by atoms with E-state index in [4.69, 9.17) is 0 Å². The number of methoxy groups -OCH3 is 1. The van der Waals surface area contributed by atoms with Crippen LogP contribution in [0.25, 0.3) is 0 Å². The molecule has 0 saturated carbocycles. The zero-order valence-corrected chi connectivity index (χ0v) is 6.94. The summed E-state index contributed by atoms with van der Waals surface area (Å²) in [5, 5.41) is 19.5. The van der Waals surface area contributed by atoms with Crippen molar-refractivity contribution >= 4 is 5.91 Å². The van der Waals surface area contributed by atoms with E-state index in [-0.39, 0.29) is 0 Å². The first-order chi connectivity index (χ1) is 5.54. The molecule has 3 N–H and O–H groups in total. The van der Waals surface area contributed by atoms with Crippen molar-refractivity contribution in [3.05, 3.63) is 0 Å². The first-order valence-electron chi connectivity index (χ1n) is 3.59. The van der Waals surface area contributed by atoms with Gasteiger partial charge in [-0.2, -0.15) is 5.43 Å². The van der Waals surface area contributed by atoms with E-state index in [1.165, 1.54) is 7.11 Å². The number of rotatable bonds is 2. The Morgan fingerprint density at radius 1 is 1.75 bits per heavy atom. The normalized spacial score (nSPS) is 28.2. The maximum Gasteiger partial charge on any atom is 0.301 e. The number of likely N-dealkylation sites (N-methyl/N-ethyl adjacent to an activating group) is 1. The second kappa shape index (κ2) is 2.98. The Balaban J connectivity index is 2.80. The number of ether oxygens (including phenoxy) is 1. The molecule has 1 atom stereocenters. The second-order valence-electron chi connectivity index (χ2n) is 2.52. The predicted octanol–water partition coefficient (Wildman–Crippen LogP) is -1.99. The van der Waals surface area contributed by atoms with Gasteiger partial charge in [0, 0.05) is 13.7 Å². The highest BCUT2D eigenvalue weighted by Crippen LogP contribution is 2.17. The van der Waals surface area contributed by atoms with Crippen molar-refractivity contribution in [3.63, 3.8) is 0 Å². The monoisotopic (exact) mass is 176 g/mol. The van der Waals surface area contributed by atoms with Crippen LogP contribution in [-0.2, 0) is 9.53 Å². The van der Waals surface area contributed by atoms with Gasteiger partial charge >= 0.3 is 5.91 Å². The molecule has 0 radical (unpaired) electrons. The van der Waals surface area contributed by atoms with Crippen molar-refractivity contribution in [2.24, 2.45) is 0 Å². The lowest BCUT2D eigenvalue weighted by molar-refractivity contribution is -0.215. The van der Waals surface area contributed by atoms with Crippen LogP contribution in [0.4, 0.5) is 0 Å². The molecule has 12 heavy (non-hydrogen) atoms. The molecule has 70 valence electrons. The van der Waals surface area contributed by atoms with Gasteiger partial charge in [-0.3, -0.25) is 9.80 Å². The van der Waals surface area contributed by atoms with Gasteiger partial charge in [0.25, 0.3) is 5.79 Å². The highest BCUT2D eigenvalue weighted by molar-refractivity contribution is 5.85. The summed E-state index contributed by atoms with van der Waals surface area (Å²) in [4.78, 5) is 11.1. The third-order valence-corrected chi connectivity index (χ3v) is 1.75. The molecule has 1 rings (SSSR count). The minimum atomic E-state index is -2.45. The minimum Gasteiger partial charge on any atom is -0.359 e. The maximum absolute atomic E-state index is 11.1. The highest BCUT2D eigenvalue weighted by atomic mass is 16.6. The van der Waals surface area contributed by atoms with Gasteiger partial charge in [-0.25, -0.2) is 0 Å². The van der Waals surface area contributed by atoms with Crippen LogP contribution in [0.5, 0.6) is 0 Å². The van der Waals surface area contributed by atoms with Gasteiger partial charge in [0.2, 0.25) is 0 Å². The minimum absolute atomic E-state index is 0.349. The molecular formula is C6H12N2O4. The fourth-order valence-electron chi connectivity index (χ4n) is 1.05. The van der Waals surface area contributed by atoms with Crippen molar-refractivity contribution < 1.29 is 19.7 Å². The summed E-state index contributed by atoms with van der Waals surface area (Å²) in [6, 6.07) is 0. The molecule has 0 bridgehead atoms. The Hall–Kier alpha value is -0.690. The fourth-order valence-corrected chi connectivity index (χ4v) is 1.05. The van der Waals surface area contributed by atoms with E-state index in [0.717, 1.165) is 5.01 Å². The lowest BCUT2D eigenvalue weighted by Crippen LogP contribution is -2.47. The average Bonchev–Trinajstić information content (AvgIpc) is 2.25. The smallest absolute Gasteiger partial charge is 0.301 e. The van der Waals surface area contributed by atoms with Crippen molar-refractivity contribution in [1.29, 1.82) is 0 Å². The molecule has 0 aromatic carbocycles. The Bertz CT molecular complexity index is 194. The largest absolute Gasteiger partial charge is 0.359 e. The van der Waals surface area contributed by atoms with E-state index >= 15 is 0 Å². The first kappa shape index (κ1) is 9.40. The Labute approximate surface area is 69.7 Å². The first-order valence-corrected chi connectivity index (χ1v) is 3.59. The van der Waals surface area contributed by atoms with Crippen LogP contribution in [0.2, 0.25) is 0 Å².